The fourth-order valence-corrected chi connectivity index (χ4v) is 5.60. The van der Waals surface area contributed by atoms with Crippen molar-refractivity contribution >= 4 is 34.6 Å². The molecule has 0 bridgehead atoms. The second-order valence-electron chi connectivity index (χ2n) is 9.68. The minimum absolute atomic E-state index is 0.0710. The van der Waals surface area contributed by atoms with Gasteiger partial charge in [-0.25, -0.2) is 0 Å². The normalized spacial score (nSPS) is 16.7. The van der Waals surface area contributed by atoms with E-state index in [0.29, 0.717) is 23.0 Å². The molecule has 2 N–H and O–H groups in total. The summed E-state index contributed by atoms with van der Waals surface area (Å²) in [6.45, 7) is 6.93. The van der Waals surface area contributed by atoms with Crippen LogP contribution in [0.15, 0.2) is 79.0 Å². The topological polar surface area (TPSA) is 71.4 Å². The molecule has 0 unspecified atom stereocenters. The number of nitrogens with zero attached hydrogens (tertiary/aromatic N) is 3. The van der Waals surface area contributed by atoms with Crippen LogP contribution in [0.1, 0.15) is 53.6 Å². The van der Waals surface area contributed by atoms with Crippen molar-refractivity contribution in [2.75, 3.05) is 17.3 Å². The standard InChI is InChI=1S/C31H33N5O2S/c1-5-28(37)33-25-15-14-23(18-27(25)38-4)36-30(29(34-31(36)39)26-13-9-10-16-32-26)24-17-20(2)35(21(24)3)19-22-11-7-6-8-12-22/h6-18,29-30H,5,19H2,1-4H3,(H,33,37)(H,34,39)/t29-,30-/m1/s1. The van der Waals surface area contributed by atoms with Gasteiger partial charge in [0.1, 0.15) is 5.75 Å². The Morgan fingerprint density at radius 1 is 1.08 bits per heavy atom. The number of aromatic nitrogens is 2. The van der Waals surface area contributed by atoms with E-state index in [4.69, 9.17) is 17.0 Å². The molecule has 0 radical (unpaired) electrons. The Hall–Kier alpha value is -4.17. The van der Waals surface area contributed by atoms with Crippen molar-refractivity contribution in [3.05, 3.63) is 107 Å². The summed E-state index contributed by atoms with van der Waals surface area (Å²) < 4.78 is 8.02. The van der Waals surface area contributed by atoms with Gasteiger partial charge in [-0.05, 0) is 67.5 Å². The zero-order chi connectivity index (χ0) is 27.5. The third-order valence-corrected chi connectivity index (χ3v) is 7.59. The van der Waals surface area contributed by atoms with Gasteiger partial charge in [0, 0.05) is 42.3 Å². The monoisotopic (exact) mass is 539 g/mol. The Morgan fingerprint density at radius 3 is 2.54 bits per heavy atom. The van der Waals surface area contributed by atoms with Crippen LogP contribution in [0.2, 0.25) is 0 Å². The van der Waals surface area contributed by atoms with Crippen LogP contribution < -0.4 is 20.3 Å². The second kappa shape index (κ2) is 11.3. The molecule has 0 saturated carbocycles. The summed E-state index contributed by atoms with van der Waals surface area (Å²) in [7, 11) is 1.60. The van der Waals surface area contributed by atoms with E-state index in [1.54, 1.807) is 7.11 Å². The van der Waals surface area contributed by atoms with E-state index in [-0.39, 0.29) is 18.0 Å². The van der Waals surface area contributed by atoms with Gasteiger partial charge in [-0.3, -0.25) is 9.78 Å². The first-order chi connectivity index (χ1) is 18.9. The third kappa shape index (κ3) is 5.25. The lowest BCUT2D eigenvalue weighted by Gasteiger charge is -2.29. The molecule has 0 aliphatic carbocycles. The highest BCUT2D eigenvalue weighted by molar-refractivity contribution is 7.80. The largest absolute Gasteiger partial charge is 0.494 e. The minimum Gasteiger partial charge on any atom is -0.494 e. The number of hydrogen-bond donors (Lipinski definition) is 2. The molecule has 5 rings (SSSR count). The van der Waals surface area contributed by atoms with E-state index in [2.05, 4.69) is 69.3 Å². The van der Waals surface area contributed by atoms with Crippen LogP contribution in [0.25, 0.3) is 0 Å². The Labute approximate surface area is 234 Å². The molecular weight excluding hydrogens is 506 g/mol. The Kier molecular flexibility index (Phi) is 7.65. The summed E-state index contributed by atoms with van der Waals surface area (Å²) >= 11 is 5.94. The predicted molar refractivity (Wildman–Crippen MR) is 159 cm³/mol. The van der Waals surface area contributed by atoms with Crippen LogP contribution in [0.5, 0.6) is 5.75 Å². The van der Waals surface area contributed by atoms with Gasteiger partial charge in [-0.2, -0.15) is 0 Å². The number of hydrogen-bond acceptors (Lipinski definition) is 4. The molecule has 2 aromatic heterocycles. The van der Waals surface area contributed by atoms with Crippen LogP contribution >= 0.6 is 12.2 Å². The summed E-state index contributed by atoms with van der Waals surface area (Å²) in [6, 6.07) is 24.2. The molecule has 1 aliphatic heterocycles. The zero-order valence-corrected chi connectivity index (χ0v) is 23.5. The van der Waals surface area contributed by atoms with E-state index >= 15 is 0 Å². The Bertz CT molecular complexity index is 1490. The maximum Gasteiger partial charge on any atom is 0.224 e. The molecule has 1 fully saturated rings. The number of pyridine rings is 1. The number of methoxy groups -OCH3 is 1. The highest BCUT2D eigenvalue weighted by Crippen LogP contribution is 2.44. The van der Waals surface area contributed by atoms with Gasteiger partial charge in [0.15, 0.2) is 5.11 Å². The van der Waals surface area contributed by atoms with Crippen molar-refractivity contribution in [3.63, 3.8) is 0 Å². The van der Waals surface area contributed by atoms with Crippen LogP contribution in [0, 0.1) is 13.8 Å². The van der Waals surface area contributed by atoms with E-state index < -0.39 is 0 Å². The number of carbonyl (C=O) groups is 1. The first-order valence-electron chi connectivity index (χ1n) is 13.1. The molecule has 200 valence electrons. The number of aryl methyl sites for hydroxylation is 1. The molecule has 4 aromatic rings. The van der Waals surface area contributed by atoms with Gasteiger partial charge in [-0.15, -0.1) is 0 Å². The number of nitrogens with one attached hydrogen (secondary N) is 2. The maximum absolute atomic E-state index is 12.1. The quantitative estimate of drug-likeness (QED) is 0.264. The predicted octanol–water partition coefficient (Wildman–Crippen LogP) is 6.08. The van der Waals surface area contributed by atoms with Gasteiger partial charge in [0.25, 0.3) is 0 Å². The molecule has 1 aliphatic rings. The van der Waals surface area contributed by atoms with Crippen molar-refractivity contribution < 1.29 is 9.53 Å². The molecule has 1 saturated heterocycles. The number of rotatable bonds is 8. The molecule has 39 heavy (non-hydrogen) atoms. The summed E-state index contributed by atoms with van der Waals surface area (Å²) in [6.07, 6.45) is 2.20. The SMILES string of the molecule is CCC(=O)Nc1ccc(N2C(=S)N[C@H](c3ccccn3)[C@H]2c2cc(C)n(Cc3ccccc3)c2C)cc1OC. The number of carbonyl (C=O) groups excluding carboxylic acids is 1. The van der Waals surface area contributed by atoms with Crippen LogP contribution in [0.3, 0.4) is 0 Å². The zero-order valence-electron chi connectivity index (χ0n) is 22.6. The Balaban J connectivity index is 1.60. The van der Waals surface area contributed by atoms with E-state index in [1.807, 2.05) is 55.6 Å². The van der Waals surface area contributed by atoms with E-state index in [1.165, 1.54) is 22.5 Å². The summed E-state index contributed by atoms with van der Waals surface area (Å²) in [5.74, 6) is 0.505. The van der Waals surface area contributed by atoms with Crippen molar-refractivity contribution in [1.82, 2.24) is 14.9 Å². The number of anilines is 2. The first-order valence-corrected chi connectivity index (χ1v) is 13.5. The fourth-order valence-electron chi connectivity index (χ4n) is 5.26. The van der Waals surface area contributed by atoms with Crippen molar-refractivity contribution in [3.8, 4) is 5.75 Å². The number of amides is 1. The van der Waals surface area contributed by atoms with Gasteiger partial charge >= 0.3 is 0 Å². The molecule has 2 atom stereocenters. The third-order valence-electron chi connectivity index (χ3n) is 7.27. The molecule has 1 amide bonds. The van der Waals surface area contributed by atoms with Gasteiger partial charge in [-0.1, -0.05) is 43.3 Å². The van der Waals surface area contributed by atoms with Crippen molar-refractivity contribution in [2.45, 2.75) is 45.8 Å². The maximum atomic E-state index is 12.1. The first kappa shape index (κ1) is 26.4. The van der Waals surface area contributed by atoms with Crippen LogP contribution in [-0.4, -0.2) is 27.7 Å². The van der Waals surface area contributed by atoms with Crippen LogP contribution in [0.4, 0.5) is 11.4 Å². The molecule has 2 aromatic carbocycles. The molecule has 0 spiro atoms. The van der Waals surface area contributed by atoms with Gasteiger partial charge in [0.2, 0.25) is 5.91 Å². The summed E-state index contributed by atoms with van der Waals surface area (Å²) in [5, 5.41) is 7.07. The van der Waals surface area contributed by atoms with E-state index in [0.717, 1.165) is 17.9 Å². The lowest BCUT2D eigenvalue weighted by Crippen LogP contribution is -2.29. The summed E-state index contributed by atoms with van der Waals surface area (Å²) in [4.78, 5) is 18.9. The number of benzene rings is 2. The fraction of sp³-hybridized carbons (Fsp3) is 0.258. The molecular formula is C31H33N5O2S. The highest BCUT2D eigenvalue weighted by Gasteiger charge is 2.42. The lowest BCUT2D eigenvalue weighted by molar-refractivity contribution is -0.115. The minimum atomic E-state index is -0.158. The molecule has 7 nitrogen and oxygen atoms in total. The molecule has 8 heteroatoms. The van der Waals surface area contributed by atoms with Gasteiger partial charge in [0.05, 0.1) is 30.6 Å². The second-order valence-corrected chi connectivity index (χ2v) is 10.1. The molecule has 3 heterocycles. The Morgan fingerprint density at radius 2 is 1.85 bits per heavy atom. The van der Waals surface area contributed by atoms with Crippen molar-refractivity contribution in [1.29, 1.82) is 0 Å². The smallest absolute Gasteiger partial charge is 0.224 e. The lowest BCUT2D eigenvalue weighted by atomic mass is 9.96. The summed E-state index contributed by atoms with van der Waals surface area (Å²) in [5.41, 5.74) is 7.20. The van der Waals surface area contributed by atoms with Gasteiger partial charge < -0.3 is 24.8 Å². The number of thiocarbonyl (C=S) groups is 1. The van der Waals surface area contributed by atoms with Crippen LogP contribution in [-0.2, 0) is 11.3 Å². The average Bonchev–Trinajstić information content (AvgIpc) is 3.45. The van der Waals surface area contributed by atoms with Crippen molar-refractivity contribution in [2.24, 2.45) is 0 Å². The number of ether oxygens (including phenoxy) is 1. The highest BCUT2D eigenvalue weighted by atomic mass is 32.1. The average molecular weight is 540 g/mol. The van der Waals surface area contributed by atoms with E-state index in [9.17, 15) is 4.79 Å².